The largest absolute Gasteiger partial charge is 0.420 e. The van der Waals surface area contributed by atoms with E-state index in [0.717, 1.165) is 16.1 Å². The van der Waals surface area contributed by atoms with Crippen molar-refractivity contribution in [3.63, 3.8) is 0 Å². The summed E-state index contributed by atoms with van der Waals surface area (Å²) in [5.41, 5.74) is 1.94. The number of aromatic nitrogens is 1. The van der Waals surface area contributed by atoms with Crippen LogP contribution in [-0.4, -0.2) is 37.4 Å². The van der Waals surface area contributed by atoms with Crippen LogP contribution in [0.15, 0.2) is 18.3 Å². The molecule has 4 atom stereocenters. The Morgan fingerprint density at radius 3 is 2.58 bits per heavy atom. The van der Waals surface area contributed by atoms with E-state index in [1.165, 1.54) is 0 Å². The number of β-lactam (4-membered cyclic amide) rings is 1. The molecule has 1 amide bonds. The minimum Gasteiger partial charge on any atom is -0.420 e. The van der Waals surface area contributed by atoms with Gasteiger partial charge in [-0.05, 0) is 43.0 Å². The highest BCUT2D eigenvalue weighted by atomic mass is 32.1. The molecule has 0 unspecified atom stereocenters. The summed E-state index contributed by atoms with van der Waals surface area (Å²) in [6.45, 7) is 15.7. The number of rotatable bonds is 7. The zero-order chi connectivity index (χ0) is 19.6. The third kappa shape index (κ3) is 4.59. The van der Waals surface area contributed by atoms with Gasteiger partial charge in [0.05, 0.1) is 11.6 Å². The number of carbonyl (C=O) groups excluding carboxylic acids is 1. The molecule has 1 saturated heterocycles. The smallest absolute Gasteiger partial charge is 0.225 e. The lowest BCUT2D eigenvalue weighted by Crippen LogP contribution is -2.66. The summed E-state index contributed by atoms with van der Waals surface area (Å²) in [5, 5.41) is 3.10. The molecule has 1 aliphatic heterocycles. The Kier molecular flexibility index (Phi) is 6.74. The molecule has 26 heavy (non-hydrogen) atoms. The molecule has 6 heteroatoms. The van der Waals surface area contributed by atoms with E-state index in [4.69, 9.17) is 16.6 Å². The third-order valence-corrected chi connectivity index (χ3v) is 6.77. The van der Waals surface area contributed by atoms with Crippen molar-refractivity contribution in [1.82, 2.24) is 10.3 Å². The van der Waals surface area contributed by atoms with Gasteiger partial charge in [-0.1, -0.05) is 46.0 Å². The zero-order valence-corrected chi connectivity index (χ0v) is 19.0. The maximum absolute atomic E-state index is 12.5. The van der Waals surface area contributed by atoms with Crippen molar-refractivity contribution in [3.8, 4) is 0 Å². The number of hydrogen-bond acceptors (Lipinski definition) is 4. The van der Waals surface area contributed by atoms with E-state index in [9.17, 15) is 4.79 Å². The molecular formula is C20H32N2O2SSi. The van der Waals surface area contributed by atoms with Gasteiger partial charge in [0.1, 0.15) is 0 Å². The maximum Gasteiger partial charge on any atom is 0.225 e. The van der Waals surface area contributed by atoms with Crippen LogP contribution in [0.25, 0.3) is 0 Å². The zero-order valence-electron chi connectivity index (χ0n) is 17.0. The summed E-state index contributed by atoms with van der Waals surface area (Å²) in [6, 6.07) is 3.98. The average Bonchev–Trinajstić information content (AvgIpc) is 2.54. The second-order valence-corrected chi connectivity index (χ2v) is 11.6. The SMILES string of the molecule is Cc1cccnc1C(=S)[C@H](C)[C@H]1NC(=O)[C@H]1[C@@H](CO[SiH](C)C)C(C)(C)C. The van der Waals surface area contributed by atoms with E-state index in [2.05, 4.69) is 51.1 Å². The van der Waals surface area contributed by atoms with Gasteiger partial charge in [0, 0.05) is 29.6 Å². The molecule has 4 nitrogen and oxygen atoms in total. The predicted octanol–water partition coefficient (Wildman–Crippen LogP) is 3.52. The van der Waals surface area contributed by atoms with Gasteiger partial charge in [-0.2, -0.15) is 0 Å². The van der Waals surface area contributed by atoms with Gasteiger partial charge in [-0.15, -0.1) is 0 Å². The molecule has 1 aromatic rings. The molecular weight excluding hydrogens is 360 g/mol. The van der Waals surface area contributed by atoms with Crippen molar-refractivity contribution < 1.29 is 9.22 Å². The van der Waals surface area contributed by atoms with Crippen molar-refractivity contribution in [2.45, 2.75) is 53.8 Å². The fraction of sp³-hybridized carbons (Fsp3) is 0.650. The second kappa shape index (κ2) is 8.27. The normalized spacial score (nSPS) is 22.5. The molecule has 2 rings (SSSR count). The Hall–Kier alpha value is -1.11. The molecule has 0 spiro atoms. The van der Waals surface area contributed by atoms with Crippen LogP contribution in [0.3, 0.4) is 0 Å². The number of hydrogen-bond donors (Lipinski definition) is 1. The van der Waals surface area contributed by atoms with E-state index in [0.29, 0.717) is 6.61 Å². The summed E-state index contributed by atoms with van der Waals surface area (Å²) >= 11 is 5.75. The fourth-order valence-corrected chi connectivity index (χ4v) is 4.55. The molecule has 2 heterocycles. The molecule has 1 fully saturated rings. The van der Waals surface area contributed by atoms with Crippen LogP contribution in [0.2, 0.25) is 13.1 Å². The van der Waals surface area contributed by atoms with Crippen molar-refractivity contribution >= 4 is 32.0 Å². The van der Waals surface area contributed by atoms with Gasteiger partial charge in [-0.25, -0.2) is 0 Å². The maximum atomic E-state index is 12.5. The van der Waals surface area contributed by atoms with Crippen molar-refractivity contribution in [1.29, 1.82) is 0 Å². The molecule has 0 aliphatic carbocycles. The minimum atomic E-state index is -1.13. The van der Waals surface area contributed by atoms with Crippen LogP contribution in [0.5, 0.6) is 0 Å². The van der Waals surface area contributed by atoms with Gasteiger partial charge < -0.3 is 9.74 Å². The van der Waals surface area contributed by atoms with Crippen LogP contribution in [0, 0.1) is 30.1 Å². The first-order valence-electron chi connectivity index (χ1n) is 9.41. The summed E-state index contributed by atoms with van der Waals surface area (Å²) in [7, 11) is -1.13. The van der Waals surface area contributed by atoms with Gasteiger partial charge in [0.2, 0.25) is 5.91 Å². The standard InChI is InChI=1S/C20H32N2O2SSi/c1-12-9-8-10-21-16(12)18(25)13(2)17-15(19(23)22-17)14(20(3,4)5)11-24-26(6)7/h8-10,13-15,17,26H,11H2,1-7H3,(H,22,23)/t13-,14-,15+,17-/m1/s1. The van der Waals surface area contributed by atoms with E-state index in [1.807, 2.05) is 19.1 Å². The number of nitrogens with one attached hydrogen (secondary N) is 1. The Morgan fingerprint density at radius 1 is 1.42 bits per heavy atom. The monoisotopic (exact) mass is 392 g/mol. The molecule has 0 radical (unpaired) electrons. The van der Waals surface area contributed by atoms with Crippen LogP contribution < -0.4 is 5.32 Å². The van der Waals surface area contributed by atoms with Crippen molar-refractivity contribution in [2.24, 2.45) is 23.2 Å². The Balaban J connectivity index is 2.22. The number of amides is 1. The molecule has 144 valence electrons. The van der Waals surface area contributed by atoms with E-state index in [1.54, 1.807) is 6.20 Å². The van der Waals surface area contributed by atoms with Crippen LogP contribution in [0.4, 0.5) is 0 Å². The first-order chi connectivity index (χ1) is 12.0. The molecule has 0 aromatic carbocycles. The lowest BCUT2D eigenvalue weighted by Gasteiger charge is -2.48. The van der Waals surface area contributed by atoms with Crippen LogP contribution in [0.1, 0.15) is 39.0 Å². The van der Waals surface area contributed by atoms with Gasteiger partial charge in [0.15, 0.2) is 9.04 Å². The number of aryl methyl sites for hydroxylation is 1. The van der Waals surface area contributed by atoms with Gasteiger partial charge >= 0.3 is 0 Å². The summed E-state index contributed by atoms with van der Waals surface area (Å²) in [6.07, 6.45) is 1.78. The van der Waals surface area contributed by atoms with Crippen LogP contribution in [-0.2, 0) is 9.22 Å². The third-order valence-electron chi connectivity index (χ3n) is 5.35. The number of carbonyl (C=O) groups is 1. The molecule has 1 aromatic heterocycles. The first kappa shape index (κ1) is 21.2. The van der Waals surface area contributed by atoms with Gasteiger partial charge in [0.25, 0.3) is 0 Å². The fourth-order valence-electron chi connectivity index (χ4n) is 3.60. The predicted molar refractivity (Wildman–Crippen MR) is 113 cm³/mol. The van der Waals surface area contributed by atoms with Gasteiger partial charge in [-0.3, -0.25) is 9.78 Å². The van der Waals surface area contributed by atoms with Crippen molar-refractivity contribution in [2.75, 3.05) is 6.61 Å². The lowest BCUT2D eigenvalue weighted by atomic mass is 9.64. The van der Waals surface area contributed by atoms with Crippen LogP contribution >= 0.6 is 12.2 Å². The Labute approximate surface area is 164 Å². The second-order valence-electron chi connectivity index (χ2n) is 8.74. The number of thiocarbonyl (C=S) groups is 1. The molecule has 1 aliphatic rings. The molecule has 0 saturated carbocycles. The molecule has 0 bridgehead atoms. The highest BCUT2D eigenvalue weighted by Crippen LogP contribution is 2.40. The average molecular weight is 393 g/mol. The summed E-state index contributed by atoms with van der Waals surface area (Å²) < 4.78 is 6.04. The highest BCUT2D eigenvalue weighted by Gasteiger charge is 2.51. The quantitative estimate of drug-likeness (QED) is 0.334. The summed E-state index contributed by atoms with van der Waals surface area (Å²) in [4.78, 5) is 17.8. The first-order valence-corrected chi connectivity index (χ1v) is 12.6. The van der Waals surface area contributed by atoms with Crippen molar-refractivity contribution in [3.05, 3.63) is 29.6 Å². The molecule has 1 N–H and O–H groups in total. The van der Waals surface area contributed by atoms with E-state index >= 15 is 0 Å². The Bertz CT molecular complexity index is 672. The minimum absolute atomic E-state index is 0.00772. The highest BCUT2D eigenvalue weighted by molar-refractivity contribution is 7.80. The Morgan fingerprint density at radius 2 is 2.08 bits per heavy atom. The van der Waals surface area contributed by atoms with E-state index < -0.39 is 9.04 Å². The van der Waals surface area contributed by atoms with E-state index in [-0.39, 0.29) is 35.1 Å². The lowest BCUT2D eigenvalue weighted by molar-refractivity contribution is -0.143. The number of nitrogens with zero attached hydrogens (tertiary/aromatic N) is 1. The summed E-state index contributed by atoms with van der Waals surface area (Å²) in [5.74, 6) is 0.282. The number of pyridine rings is 1. The topological polar surface area (TPSA) is 51.2 Å².